The quantitative estimate of drug-likeness (QED) is 0.721. The predicted octanol–water partition coefficient (Wildman–Crippen LogP) is 3.76. The summed E-state index contributed by atoms with van der Waals surface area (Å²) in [7, 11) is 1.62. The lowest BCUT2D eigenvalue weighted by Gasteiger charge is -2.10. The van der Waals surface area contributed by atoms with Crippen molar-refractivity contribution in [3.63, 3.8) is 0 Å². The molecule has 0 aliphatic heterocycles. The van der Waals surface area contributed by atoms with Gasteiger partial charge >= 0.3 is 0 Å². The molecule has 0 bridgehead atoms. The molecule has 1 amide bonds. The average molecular weight is 333 g/mol. The number of nitrogens with zero attached hydrogens (tertiary/aromatic N) is 1. The van der Waals surface area contributed by atoms with E-state index in [1.165, 1.54) is 0 Å². The Morgan fingerprint density at radius 1 is 1.00 bits per heavy atom. The van der Waals surface area contributed by atoms with Crippen LogP contribution in [0.2, 0.25) is 0 Å². The number of anilines is 2. The Morgan fingerprint density at radius 3 is 2.64 bits per heavy atom. The SMILES string of the molecule is COc1cccc(Nc2cncc(C(=O)NCc3ccccc3)c2)c1. The number of aromatic nitrogens is 1. The molecule has 5 heteroatoms. The van der Waals surface area contributed by atoms with E-state index in [9.17, 15) is 4.79 Å². The minimum Gasteiger partial charge on any atom is -0.497 e. The summed E-state index contributed by atoms with van der Waals surface area (Å²) in [5.74, 6) is 0.598. The molecule has 0 aliphatic rings. The third kappa shape index (κ3) is 4.57. The van der Waals surface area contributed by atoms with Gasteiger partial charge in [-0.2, -0.15) is 0 Å². The van der Waals surface area contributed by atoms with Crippen LogP contribution in [0.15, 0.2) is 73.1 Å². The number of ether oxygens (including phenoxy) is 1. The Hall–Kier alpha value is -3.34. The van der Waals surface area contributed by atoms with Crippen LogP contribution in [-0.4, -0.2) is 18.0 Å². The number of pyridine rings is 1. The Morgan fingerprint density at radius 2 is 1.84 bits per heavy atom. The summed E-state index contributed by atoms with van der Waals surface area (Å²) in [5, 5.41) is 6.12. The van der Waals surface area contributed by atoms with E-state index in [1.54, 1.807) is 25.6 Å². The number of amides is 1. The van der Waals surface area contributed by atoms with Crippen LogP contribution in [0.25, 0.3) is 0 Å². The van der Waals surface area contributed by atoms with Crippen molar-refractivity contribution >= 4 is 17.3 Å². The smallest absolute Gasteiger partial charge is 0.253 e. The van der Waals surface area contributed by atoms with Crippen LogP contribution in [0, 0.1) is 0 Å². The van der Waals surface area contributed by atoms with E-state index in [2.05, 4.69) is 15.6 Å². The fourth-order valence-corrected chi connectivity index (χ4v) is 2.38. The molecule has 0 saturated heterocycles. The molecule has 0 unspecified atom stereocenters. The molecule has 3 aromatic rings. The second-order valence-electron chi connectivity index (χ2n) is 5.49. The number of carbonyl (C=O) groups is 1. The molecule has 0 atom stereocenters. The predicted molar refractivity (Wildman–Crippen MR) is 98.1 cm³/mol. The van der Waals surface area contributed by atoms with Crippen molar-refractivity contribution in [3.8, 4) is 5.75 Å². The van der Waals surface area contributed by atoms with Gasteiger partial charge in [0, 0.05) is 24.5 Å². The summed E-state index contributed by atoms with van der Waals surface area (Å²) in [6.45, 7) is 0.479. The molecule has 3 rings (SSSR count). The molecule has 1 aromatic heterocycles. The van der Waals surface area contributed by atoms with Gasteiger partial charge in [0.25, 0.3) is 5.91 Å². The van der Waals surface area contributed by atoms with Crippen molar-refractivity contribution in [1.82, 2.24) is 10.3 Å². The van der Waals surface area contributed by atoms with E-state index >= 15 is 0 Å². The van der Waals surface area contributed by atoms with Crippen molar-refractivity contribution < 1.29 is 9.53 Å². The normalized spacial score (nSPS) is 10.1. The van der Waals surface area contributed by atoms with E-state index in [4.69, 9.17) is 4.74 Å². The number of hydrogen-bond acceptors (Lipinski definition) is 4. The van der Waals surface area contributed by atoms with Crippen molar-refractivity contribution in [2.24, 2.45) is 0 Å². The van der Waals surface area contributed by atoms with Crippen LogP contribution >= 0.6 is 0 Å². The maximum Gasteiger partial charge on any atom is 0.253 e. The summed E-state index contributed by atoms with van der Waals surface area (Å²) in [5.41, 5.74) is 3.15. The minimum atomic E-state index is -0.161. The van der Waals surface area contributed by atoms with Crippen LogP contribution in [-0.2, 0) is 6.54 Å². The minimum absolute atomic E-state index is 0.161. The first-order valence-corrected chi connectivity index (χ1v) is 7.93. The molecule has 0 radical (unpaired) electrons. The molecular formula is C20H19N3O2. The second-order valence-corrected chi connectivity index (χ2v) is 5.49. The molecule has 25 heavy (non-hydrogen) atoms. The third-order valence-corrected chi connectivity index (χ3v) is 3.65. The van der Waals surface area contributed by atoms with Crippen molar-refractivity contribution in [1.29, 1.82) is 0 Å². The topological polar surface area (TPSA) is 63.2 Å². The van der Waals surface area contributed by atoms with Gasteiger partial charge < -0.3 is 15.4 Å². The van der Waals surface area contributed by atoms with E-state index in [1.807, 2.05) is 54.6 Å². The number of nitrogens with one attached hydrogen (secondary N) is 2. The highest BCUT2D eigenvalue weighted by Crippen LogP contribution is 2.21. The van der Waals surface area contributed by atoms with Gasteiger partial charge in [0.1, 0.15) is 5.75 Å². The molecular weight excluding hydrogens is 314 g/mol. The molecule has 2 N–H and O–H groups in total. The van der Waals surface area contributed by atoms with Crippen LogP contribution < -0.4 is 15.4 Å². The molecule has 1 heterocycles. The van der Waals surface area contributed by atoms with Gasteiger partial charge in [0.2, 0.25) is 0 Å². The number of benzene rings is 2. The van der Waals surface area contributed by atoms with Crippen molar-refractivity contribution in [3.05, 3.63) is 84.2 Å². The Balaban J connectivity index is 1.67. The molecule has 0 fully saturated rings. The van der Waals surface area contributed by atoms with E-state index in [0.29, 0.717) is 12.1 Å². The summed E-state index contributed by atoms with van der Waals surface area (Å²) >= 11 is 0. The van der Waals surface area contributed by atoms with Crippen molar-refractivity contribution in [2.45, 2.75) is 6.54 Å². The highest BCUT2D eigenvalue weighted by molar-refractivity contribution is 5.94. The first-order valence-electron chi connectivity index (χ1n) is 7.93. The van der Waals surface area contributed by atoms with Crippen LogP contribution in [0.5, 0.6) is 5.75 Å². The zero-order chi connectivity index (χ0) is 17.5. The lowest BCUT2D eigenvalue weighted by molar-refractivity contribution is 0.0950. The van der Waals surface area contributed by atoms with Crippen LogP contribution in [0.1, 0.15) is 15.9 Å². The molecule has 0 spiro atoms. The van der Waals surface area contributed by atoms with E-state index < -0.39 is 0 Å². The third-order valence-electron chi connectivity index (χ3n) is 3.65. The lowest BCUT2D eigenvalue weighted by atomic mass is 10.2. The molecule has 0 saturated carbocycles. The lowest BCUT2D eigenvalue weighted by Crippen LogP contribution is -2.22. The van der Waals surface area contributed by atoms with Gasteiger partial charge in [-0.15, -0.1) is 0 Å². The van der Waals surface area contributed by atoms with E-state index in [0.717, 1.165) is 22.7 Å². The second kappa shape index (κ2) is 7.97. The Bertz CT molecular complexity index is 850. The van der Waals surface area contributed by atoms with Gasteiger partial charge in [-0.3, -0.25) is 9.78 Å². The maximum atomic E-state index is 12.3. The first kappa shape index (κ1) is 16.5. The fraction of sp³-hybridized carbons (Fsp3) is 0.100. The first-order chi connectivity index (χ1) is 12.2. The summed E-state index contributed by atoms with van der Waals surface area (Å²) < 4.78 is 5.21. The number of hydrogen-bond donors (Lipinski definition) is 2. The largest absolute Gasteiger partial charge is 0.497 e. The van der Waals surface area contributed by atoms with Gasteiger partial charge in [-0.25, -0.2) is 0 Å². The molecule has 126 valence electrons. The Kier molecular flexibility index (Phi) is 5.26. The van der Waals surface area contributed by atoms with Crippen LogP contribution in [0.4, 0.5) is 11.4 Å². The standard InChI is InChI=1S/C20H19N3O2/c1-25-19-9-5-8-17(11-19)23-18-10-16(13-21-14-18)20(24)22-12-15-6-3-2-4-7-15/h2-11,13-14,23H,12H2,1H3,(H,22,24). The van der Waals surface area contributed by atoms with E-state index in [-0.39, 0.29) is 5.91 Å². The number of methoxy groups -OCH3 is 1. The summed E-state index contributed by atoms with van der Waals surface area (Å²) in [6.07, 6.45) is 3.23. The molecule has 5 nitrogen and oxygen atoms in total. The summed E-state index contributed by atoms with van der Waals surface area (Å²) in [4.78, 5) is 16.5. The number of rotatable bonds is 6. The maximum absolute atomic E-state index is 12.3. The molecule has 2 aromatic carbocycles. The zero-order valence-electron chi connectivity index (χ0n) is 13.9. The van der Waals surface area contributed by atoms with Crippen LogP contribution in [0.3, 0.4) is 0 Å². The zero-order valence-corrected chi connectivity index (χ0v) is 13.9. The molecule has 0 aliphatic carbocycles. The Labute approximate surface area is 146 Å². The average Bonchev–Trinajstić information content (AvgIpc) is 2.67. The summed E-state index contributed by atoms with van der Waals surface area (Å²) in [6, 6.07) is 19.1. The van der Waals surface area contributed by atoms with Gasteiger partial charge in [0.15, 0.2) is 0 Å². The van der Waals surface area contributed by atoms with Gasteiger partial charge in [0.05, 0.1) is 24.6 Å². The fourth-order valence-electron chi connectivity index (χ4n) is 2.38. The highest BCUT2D eigenvalue weighted by atomic mass is 16.5. The van der Waals surface area contributed by atoms with Gasteiger partial charge in [-0.05, 0) is 23.8 Å². The van der Waals surface area contributed by atoms with Gasteiger partial charge in [-0.1, -0.05) is 36.4 Å². The van der Waals surface area contributed by atoms with Crippen molar-refractivity contribution in [2.75, 3.05) is 12.4 Å². The highest BCUT2D eigenvalue weighted by Gasteiger charge is 2.07. The number of carbonyl (C=O) groups excluding carboxylic acids is 1. The monoisotopic (exact) mass is 333 g/mol.